The number of benzene rings is 1. The molecule has 0 aliphatic carbocycles. The van der Waals surface area contributed by atoms with Crippen molar-refractivity contribution in [3.05, 3.63) is 53.9 Å². The first-order valence-electron chi connectivity index (χ1n) is 5.54. The lowest BCUT2D eigenvalue weighted by Gasteiger charge is -2.05. The molecule has 4 heteroatoms. The normalized spacial score (nSPS) is 10.2. The number of amides is 1. The van der Waals surface area contributed by atoms with Crippen molar-refractivity contribution in [2.45, 2.75) is 20.0 Å². The van der Waals surface area contributed by atoms with Crippen LogP contribution in [0.15, 0.2) is 42.7 Å². The van der Waals surface area contributed by atoms with Gasteiger partial charge in [-0.15, -0.1) is 0 Å². The Hall–Kier alpha value is -2.10. The van der Waals surface area contributed by atoms with Crippen LogP contribution in [0.3, 0.4) is 0 Å². The minimum atomic E-state index is -0.0331. The van der Waals surface area contributed by atoms with Gasteiger partial charge in [0, 0.05) is 18.9 Å². The van der Waals surface area contributed by atoms with E-state index in [0.717, 1.165) is 5.56 Å². The molecule has 2 aromatic rings. The molecule has 1 N–H and O–H groups in total. The number of aryl methyl sites for hydroxylation is 1. The van der Waals surface area contributed by atoms with E-state index in [1.165, 1.54) is 5.56 Å². The summed E-state index contributed by atoms with van der Waals surface area (Å²) in [5.41, 5.74) is 2.32. The second kappa shape index (κ2) is 5.30. The summed E-state index contributed by atoms with van der Waals surface area (Å²) in [5, 5.41) is 6.84. The van der Waals surface area contributed by atoms with Gasteiger partial charge in [-0.1, -0.05) is 29.8 Å². The first-order valence-corrected chi connectivity index (χ1v) is 5.54. The maximum atomic E-state index is 11.6. The summed E-state index contributed by atoms with van der Waals surface area (Å²) in [6.45, 7) is 2.86. The minimum absolute atomic E-state index is 0.0331. The van der Waals surface area contributed by atoms with E-state index in [2.05, 4.69) is 10.4 Å². The van der Waals surface area contributed by atoms with Gasteiger partial charge in [0.15, 0.2) is 0 Å². The van der Waals surface area contributed by atoms with Crippen LogP contribution in [0, 0.1) is 6.92 Å². The zero-order valence-corrected chi connectivity index (χ0v) is 9.76. The van der Waals surface area contributed by atoms with Gasteiger partial charge < -0.3 is 5.32 Å². The Morgan fingerprint density at radius 2 is 2.12 bits per heavy atom. The zero-order chi connectivity index (χ0) is 12.1. The number of nitrogens with zero attached hydrogens (tertiary/aromatic N) is 2. The second-order valence-electron chi connectivity index (χ2n) is 3.97. The fourth-order valence-corrected chi connectivity index (χ4v) is 1.50. The molecule has 17 heavy (non-hydrogen) atoms. The Morgan fingerprint density at radius 1 is 1.35 bits per heavy atom. The lowest BCUT2D eigenvalue weighted by atomic mass is 10.1. The van der Waals surface area contributed by atoms with Crippen LogP contribution in [-0.4, -0.2) is 15.7 Å². The maximum absolute atomic E-state index is 11.6. The fraction of sp³-hybridized carbons (Fsp3) is 0.231. The van der Waals surface area contributed by atoms with E-state index in [0.29, 0.717) is 6.54 Å². The van der Waals surface area contributed by atoms with Crippen molar-refractivity contribution >= 4 is 5.91 Å². The lowest BCUT2D eigenvalue weighted by Crippen LogP contribution is -2.27. The molecule has 0 unspecified atom stereocenters. The van der Waals surface area contributed by atoms with Crippen molar-refractivity contribution in [2.75, 3.05) is 0 Å². The standard InChI is InChI=1S/C13H15N3O/c1-11-3-5-12(6-4-11)9-14-13(17)10-16-8-2-7-15-16/h2-8H,9-10H2,1H3,(H,14,17). The van der Waals surface area contributed by atoms with Crippen LogP contribution in [0.2, 0.25) is 0 Å². The number of nitrogens with one attached hydrogen (secondary N) is 1. The van der Waals surface area contributed by atoms with Gasteiger partial charge in [0.05, 0.1) is 0 Å². The molecule has 2 rings (SSSR count). The van der Waals surface area contributed by atoms with Gasteiger partial charge in [0.2, 0.25) is 5.91 Å². The van der Waals surface area contributed by atoms with Crippen molar-refractivity contribution in [2.24, 2.45) is 0 Å². The summed E-state index contributed by atoms with van der Waals surface area (Å²) >= 11 is 0. The molecule has 0 spiro atoms. The van der Waals surface area contributed by atoms with Crippen molar-refractivity contribution in [1.29, 1.82) is 0 Å². The third kappa shape index (κ3) is 3.45. The Morgan fingerprint density at radius 3 is 2.76 bits per heavy atom. The Bertz CT molecular complexity index is 474. The van der Waals surface area contributed by atoms with Crippen LogP contribution in [0.5, 0.6) is 0 Å². The van der Waals surface area contributed by atoms with Crippen LogP contribution in [0.4, 0.5) is 0 Å². The molecule has 0 bridgehead atoms. The summed E-state index contributed by atoms with van der Waals surface area (Å²) in [6.07, 6.45) is 3.43. The molecule has 1 amide bonds. The molecule has 0 saturated carbocycles. The highest BCUT2D eigenvalue weighted by atomic mass is 16.2. The molecular weight excluding hydrogens is 214 g/mol. The van der Waals surface area contributed by atoms with Crippen molar-refractivity contribution < 1.29 is 4.79 Å². The number of hydrogen-bond acceptors (Lipinski definition) is 2. The summed E-state index contributed by atoms with van der Waals surface area (Å²) in [4.78, 5) is 11.6. The van der Waals surface area contributed by atoms with Crippen molar-refractivity contribution in [1.82, 2.24) is 15.1 Å². The van der Waals surface area contributed by atoms with Gasteiger partial charge in [0.1, 0.15) is 6.54 Å². The monoisotopic (exact) mass is 229 g/mol. The fourth-order valence-electron chi connectivity index (χ4n) is 1.50. The molecule has 1 heterocycles. The SMILES string of the molecule is Cc1ccc(CNC(=O)Cn2cccn2)cc1. The van der Waals surface area contributed by atoms with E-state index in [1.807, 2.05) is 31.2 Å². The number of carbonyl (C=O) groups is 1. The average Bonchev–Trinajstić information content (AvgIpc) is 2.81. The van der Waals surface area contributed by atoms with Gasteiger partial charge in [-0.2, -0.15) is 5.10 Å². The van der Waals surface area contributed by atoms with Gasteiger partial charge in [-0.3, -0.25) is 9.48 Å². The smallest absolute Gasteiger partial charge is 0.241 e. The molecule has 0 radical (unpaired) electrons. The van der Waals surface area contributed by atoms with E-state index in [4.69, 9.17) is 0 Å². The van der Waals surface area contributed by atoms with Gasteiger partial charge >= 0.3 is 0 Å². The second-order valence-corrected chi connectivity index (χ2v) is 3.97. The zero-order valence-electron chi connectivity index (χ0n) is 9.76. The molecule has 0 saturated heterocycles. The highest BCUT2D eigenvalue weighted by Crippen LogP contribution is 2.02. The molecule has 1 aromatic heterocycles. The van der Waals surface area contributed by atoms with E-state index in [9.17, 15) is 4.79 Å². The van der Waals surface area contributed by atoms with Crippen LogP contribution in [0.1, 0.15) is 11.1 Å². The van der Waals surface area contributed by atoms with Crippen LogP contribution >= 0.6 is 0 Å². The molecule has 1 aromatic carbocycles. The summed E-state index contributed by atoms with van der Waals surface area (Å²) in [5.74, 6) is -0.0331. The van der Waals surface area contributed by atoms with Crippen molar-refractivity contribution in [3.8, 4) is 0 Å². The largest absolute Gasteiger partial charge is 0.350 e. The Balaban J connectivity index is 1.82. The molecule has 4 nitrogen and oxygen atoms in total. The molecule has 0 aliphatic heterocycles. The number of aromatic nitrogens is 2. The molecular formula is C13H15N3O. The molecule has 88 valence electrons. The van der Waals surface area contributed by atoms with E-state index < -0.39 is 0 Å². The first kappa shape index (κ1) is 11.4. The summed E-state index contributed by atoms with van der Waals surface area (Å²) in [7, 11) is 0. The first-order chi connectivity index (χ1) is 8.24. The van der Waals surface area contributed by atoms with Gasteiger partial charge in [-0.05, 0) is 18.6 Å². The maximum Gasteiger partial charge on any atom is 0.241 e. The quantitative estimate of drug-likeness (QED) is 0.863. The molecule has 0 atom stereocenters. The van der Waals surface area contributed by atoms with E-state index in [1.54, 1.807) is 23.1 Å². The van der Waals surface area contributed by atoms with Crippen LogP contribution in [-0.2, 0) is 17.9 Å². The average molecular weight is 229 g/mol. The summed E-state index contributed by atoms with van der Waals surface area (Å²) < 4.78 is 1.60. The van der Waals surface area contributed by atoms with E-state index in [-0.39, 0.29) is 12.5 Å². The predicted molar refractivity (Wildman–Crippen MR) is 65.3 cm³/mol. The highest BCUT2D eigenvalue weighted by molar-refractivity contribution is 5.75. The molecule has 0 aliphatic rings. The topological polar surface area (TPSA) is 46.9 Å². The summed E-state index contributed by atoms with van der Waals surface area (Å²) in [6, 6.07) is 9.91. The van der Waals surface area contributed by atoms with E-state index >= 15 is 0 Å². The van der Waals surface area contributed by atoms with Crippen molar-refractivity contribution in [3.63, 3.8) is 0 Å². The third-order valence-electron chi connectivity index (χ3n) is 2.48. The molecule has 0 fully saturated rings. The van der Waals surface area contributed by atoms with Crippen LogP contribution in [0.25, 0.3) is 0 Å². The Labute approximate surface area is 100 Å². The van der Waals surface area contributed by atoms with Crippen LogP contribution < -0.4 is 5.32 Å². The predicted octanol–water partition coefficient (Wildman–Crippen LogP) is 1.51. The number of carbonyl (C=O) groups excluding carboxylic acids is 1. The highest BCUT2D eigenvalue weighted by Gasteiger charge is 2.02. The van der Waals surface area contributed by atoms with Gasteiger partial charge in [-0.25, -0.2) is 0 Å². The Kier molecular flexibility index (Phi) is 3.55. The van der Waals surface area contributed by atoms with Gasteiger partial charge in [0.25, 0.3) is 0 Å². The third-order valence-corrected chi connectivity index (χ3v) is 2.48. The number of hydrogen-bond donors (Lipinski definition) is 1. The number of rotatable bonds is 4. The lowest BCUT2D eigenvalue weighted by molar-refractivity contribution is -0.122. The minimum Gasteiger partial charge on any atom is -0.350 e.